The number of hydrogen-bond donors (Lipinski definition) is 1. The van der Waals surface area contributed by atoms with Gasteiger partial charge in [0, 0.05) is 44.1 Å². The summed E-state index contributed by atoms with van der Waals surface area (Å²) in [7, 11) is 3.06. The second-order valence-electron chi connectivity index (χ2n) is 8.13. The summed E-state index contributed by atoms with van der Waals surface area (Å²) in [4.78, 5) is 30.7. The molecule has 0 amide bonds. The molecule has 10 heteroatoms. The van der Waals surface area contributed by atoms with Crippen LogP contribution in [-0.2, 0) is 20.6 Å². The predicted molar refractivity (Wildman–Crippen MR) is 122 cm³/mol. The standard InChI is InChI=1S/C22H20ClFN4O3S/c1-26-19-16(21(30)27(2)22(26)31)17(12-4-3-5-13(24)7-12)28-8-11(9-29)6-14(18(19)28)20-25-15(23)10-32-20/h3-5,7,10-11,14,29H,6,8-9H2,1-2H3. The summed E-state index contributed by atoms with van der Waals surface area (Å²) in [5.74, 6) is -0.809. The minimum Gasteiger partial charge on any atom is -0.396 e. The highest BCUT2D eigenvalue weighted by Crippen LogP contribution is 2.45. The number of thiazole rings is 1. The number of nitrogens with zero attached hydrogens (tertiary/aromatic N) is 4. The average molecular weight is 475 g/mol. The number of aliphatic hydroxyl groups excluding tert-OH is 1. The van der Waals surface area contributed by atoms with E-state index in [2.05, 4.69) is 4.98 Å². The van der Waals surface area contributed by atoms with E-state index in [0.717, 1.165) is 15.3 Å². The third-order valence-corrected chi connectivity index (χ3v) is 7.47. The van der Waals surface area contributed by atoms with Crippen molar-refractivity contribution in [3.63, 3.8) is 0 Å². The quantitative estimate of drug-likeness (QED) is 0.494. The Morgan fingerprint density at radius 2 is 2.06 bits per heavy atom. The Balaban J connectivity index is 1.97. The Morgan fingerprint density at radius 3 is 2.72 bits per heavy atom. The van der Waals surface area contributed by atoms with E-state index in [1.165, 1.54) is 35.1 Å². The first-order valence-corrected chi connectivity index (χ1v) is 11.4. The molecule has 7 nitrogen and oxygen atoms in total. The van der Waals surface area contributed by atoms with Gasteiger partial charge in [0.15, 0.2) is 0 Å². The molecular weight excluding hydrogens is 455 g/mol. The Bertz CT molecular complexity index is 1490. The van der Waals surface area contributed by atoms with Gasteiger partial charge in [0.2, 0.25) is 0 Å². The molecule has 2 unspecified atom stereocenters. The highest BCUT2D eigenvalue weighted by atomic mass is 35.5. The normalized spacial score (nSPS) is 18.3. The number of fused-ring (bicyclic) bond motifs is 3. The summed E-state index contributed by atoms with van der Waals surface area (Å²) >= 11 is 7.51. The van der Waals surface area contributed by atoms with Crippen LogP contribution in [0.2, 0.25) is 5.15 Å². The molecule has 0 saturated carbocycles. The van der Waals surface area contributed by atoms with E-state index in [0.29, 0.717) is 40.3 Å². The van der Waals surface area contributed by atoms with Crippen LogP contribution in [0.25, 0.3) is 22.2 Å². The first-order chi connectivity index (χ1) is 15.3. The molecule has 4 heterocycles. The summed E-state index contributed by atoms with van der Waals surface area (Å²) in [5.41, 5.74) is 1.45. The van der Waals surface area contributed by atoms with Crippen molar-refractivity contribution >= 4 is 33.8 Å². The number of aromatic nitrogens is 4. The summed E-state index contributed by atoms with van der Waals surface area (Å²) in [6, 6.07) is 6.06. The van der Waals surface area contributed by atoms with Gasteiger partial charge in [0.05, 0.1) is 28.2 Å². The smallest absolute Gasteiger partial charge is 0.331 e. The van der Waals surface area contributed by atoms with Gasteiger partial charge >= 0.3 is 5.69 Å². The lowest BCUT2D eigenvalue weighted by molar-refractivity contribution is 0.186. The topological polar surface area (TPSA) is 82.0 Å². The van der Waals surface area contributed by atoms with E-state index in [-0.39, 0.29) is 18.4 Å². The van der Waals surface area contributed by atoms with E-state index < -0.39 is 17.1 Å². The van der Waals surface area contributed by atoms with Crippen molar-refractivity contribution in [2.24, 2.45) is 20.0 Å². The van der Waals surface area contributed by atoms with Crippen LogP contribution < -0.4 is 11.2 Å². The van der Waals surface area contributed by atoms with Crippen molar-refractivity contribution in [1.82, 2.24) is 18.7 Å². The molecule has 0 aliphatic carbocycles. The summed E-state index contributed by atoms with van der Waals surface area (Å²) in [6.07, 6.45) is 0.589. The molecule has 1 N–H and O–H groups in total. The highest BCUT2D eigenvalue weighted by molar-refractivity contribution is 7.10. The minimum absolute atomic E-state index is 0.0525. The summed E-state index contributed by atoms with van der Waals surface area (Å²) in [5, 5.41) is 13.2. The number of aliphatic hydroxyl groups is 1. The van der Waals surface area contributed by atoms with Gasteiger partial charge < -0.3 is 9.67 Å². The van der Waals surface area contributed by atoms with Crippen LogP contribution in [0.1, 0.15) is 23.0 Å². The Kier molecular flexibility index (Phi) is 5.07. The lowest BCUT2D eigenvalue weighted by Crippen LogP contribution is -2.37. The summed E-state index contributed by atoms with van der Waals surface area (Å²) < 4.78 is 18.7. The van der Waals surface area contributed by atoms with Crippen molar-refractivity contribution in [1.29, 1.82) is 0 Å². The first kappa shape index (κ1) is 21.1. The highest BCUT2D eigenvalue weighted by Gasteiger charge is 2.37. The molecular formula is C22H20ClFN4O3S. The molecule has 0 spiro atoms. The Morgan fingerprint density at radius 1 is 1.28 bits per heavy atom. The SMILES string of the molecule is Cn1c(=O)c2c(-c3cccc(F)c3)n3c(c2n(C)c1=O)C(c1nc(Cl)cs1)CC(CO)C3. The summed E-state index contributed by atoms with van der Waals surface area (Å²) in [6.45, 7) is 0.377. The zero-order valence-corrected chi connectivity index (χ0v) is 19.0. The van der Waals surface area contributed by atoms with Crippen molar-refractivity contribution in [2.45, 2.75) is 18.9 Å². The van der Waals surface area contributed by atoms with Gasteiger partial charge in [0.25, 0.3) is 5.56 Å². The molecule has 32 heavy (non-hydrogen) atoms. The molecule has 4 aromatic rings. The number of halogens is 2. The Labute approximate surface area is 191 Å². The largest absolute Gasteiger partial charge is 0.396 e. The van der Waals surface area contributed by atoms with Crippen LogP contribution in [0.4, 0.5) is 4.39 Å². The van der Waals surface area contributed by atoms with Crippen molar-refractivity contribution in [3.05, 3.63) is 72.2 Å². The number of hydrogen-bond acceptors (Lipinski definition) is 5. The number of benzene rings is 1. The van der Waals surface area contributed by atoms with E-state index >= 15 is 0 Å². The number of rotatable bonds is 3. The van der Waals surface area contributed by atoms with Gasteiger partial charge in [-0.15, -0.1) is 11.3 Å². The maximum atomic E-state index is 14.2. The Hall–Kier alpha value is -2.75. The van der Waals surface area contributed by atoms with Gasteiger partial charge in [-0.05, 0) is 18.6 Å². The molecule has 0 fully saturated rings. The molecule has 1 aliphatic rings. The predicted octanol–water partition coefficient (Wildman–Crippen LogP) is 3.10. The van der Waals surface area contributed by atoms with Crippen LogP contribution in [0.3, 0.4) is 0 Å². The van der Waals surface area contributed by atoms with Crippen LogP contribution in [-0.4, -0.2) is 30.4 Å². The fraction of sp³-hybridized carbons (Fsp3) is 0.318. The molecule has 0 saturated heterocycles. The fourth-order valence-corrected chi connectivity index (χ4v) is 5.84. The van der Waals surface area contributed by atoms with E-state index in [9.17, 15) is 19.1 Å². The average Bonchev–Trinajstić information content (AvgIpc) is 3.37. The van der Waals surface area contributed by atoms with Crippen molar-refractivity contribution in [2.75, 3.05) is 6.61 Å². The van der Waals surface area contributed by atoms with Gasteiger partial charge in [-0.2, -0.15) is 0 Å². The molecule has 2 atom stereocenters. The molecule has 1 aliphatic heterocycles. The fourth-order valence-electron chi connectivity index (χ4n) is 4.77. The van der Waals surface area contributed by atoms with E-state index in [1.807, 2.05) is 4.57 Å². The molecule has 1 aromatic carbocycles. The molecule has 0 bridgehead atoms. The van der Waals surface area contributed by atoms with Gasteiger partial charge in [-0.3, -0.25) is 13.9 Å². The lowest BCUT2D eigenvalue weighted by Gasteiger charge is -2.31. The van der Waals surface area contributed by atoms with Crippen molar-refractivity contribution in [3.8, 4) is 11.3 Å². The zero-order chi connectivity index (χ0) is 22.7. The zero-order valence-electron chi connectivity index (χ0n) is 17.4. The molecule has 166 valence electrons. The van der Waals surface area contributed by atoms with E-state index in [1.54, 1.807) is 24.6 Å². The van der Waals surface area contributed by atoms with Gasteiger partial charge in [-0.25, -0.2) is 14.2 Å². The van der Waals surface area contributed by atoms with E-state index in [4.69, 9.17) is 11.6 Å². The lowest BCUT2D eigenvalue weighted by atomic mass is 9.88. The second kappa shape index (κ2) is 7.68. The van der Waals surface area contributed by atoms with Crippen LogP contribution in [0, 0.1) is 11.7 Å². The first-order valence-electron chi connectivity index (χ1n) is 10.1. The third-order valence-electron chi connectivity index (χ3n) is 6.19. The third kappa shape index (κ3) is 3.07. The maximum Gasteiger partial charge on any atom is 0.331 e. The van der Waals surface area contributed by atoms with Crippen LogP contribution >= 0.6 is 22.9 Å². The minimum atomic E-state index is -0.444. The van der Waals surface area contributed by atoms with Crippen LogP contribution in [0.5, 0.6) is 0 Å². The molecule has 0 radical (unpaired) electrons. The van der Waals surface area contributed by atoms with Crippen molar-refractivity contribution < 1.29 is 9.50 Å². The van der Waals surface area contributed by atoms with Gasteiger partial charge in [0.1, 0.15) is 16.0 Å². The van der Waals surface area contributed by atoms with Gasteiger partial charge in [-0.1, -0.05) is 23.7 Å². The number of aryl methyl sites for hydroxylation is 1. The molecule has 3 aromatic heterocycles. The second-order valence-corrected chi connectivity index (χ2v) is 9.41. The maximum absolute atomic E-state index is 14.2. The molecule has 5 rings (SSSR count). The monoisotopic (exact) mass is 474 g/mol. The van der Waals surface area contributed by atoms with Crippen LogP contribution in [0.15, 0.2) is 39.2 Å².